The fourth-order valence-electron chi connectivity index (χ4n) is 5.88. The summed E-state index contributed by atoms with van der Waals surface area (Å²) in [4.78, 5) is 40.6. The van der Waals surface area contributed by atoms with Gasteiger partial charge in [-0.3, -0.25) is 24.6 Å². The van der Waals surface area contributed by atoms with E-state index in [0.717, 1.165) is 64.0 Å². The number of nitrogens with one attached hydrogen (secondary N) is 2. The van der Waals surface area contributed by atoms with Crippen molar-refractivity contribution in [2.45, 2.75) is 63.3 Å². The van der Waals surface area contributed by atoms with Crippen molar-refractivity contribution in [3.8, 4) is 0 Å². The lowest BCUT2D eigenvalue weighted by Crippen LogP contribution is -2.52. The van der Waals surface area contributed by atoms with E-state index in [-0.39, 0.29) is 24.1 Å². The average Bonchev–Trinajstić information content (AvgIpc) is 3.10. The van der Waals surface area contributed by atoms with Crippen LogP contribution in [0.4, 0.5) is 0 Å². The normalized spacial score (nSPS) is 26.8. The molecule has 0 radical (unpaired) electrons. The zero-order valence-electron chi connectivity index (χ0n) is 18.4. The van der Waals surface area contributed by atoms with Gasteiger partial charge in [-0.25, -0.2) is 0 Å². The highest BCUT2D eigenvalue weighted by Gasteiger charge is 2.40. The van der Waals surface area contributed by atoms with E-state index in [1.807, 2.05) is 12.1 Å². The first-order valence-corrected chi connectivity index (χ1v) is 11.8. The smallest absolute Gasteiger partial charge is 0.255 e. The Morgan fingerprint density at radius 1 is 1.06 bits per heavy atom. The molecular formula is C24H32N4O4. The third-order valence-electron chi connectivity index (χ3n) is 7.81. The number of carbonyl (C=O) groups excluding carboxylic acids is 3. The van der Waals surface area contributed by atoms with Gasteiger partial charge < -0.3 is 15.3 Å². The van der Waals surface area contributed by atoms with Gasteiger partial charge in [0.2, 0.25) is 11.8 Å². The van der Waals surface area contributed by atoms with Gasteiger partial charge in [0, 0.05) is 25.1 Å². The molecule has 32 heavy (non-hydrogen) atoms. The van der Waals surface area contributed by atoms with Gasteiger partial charge in [-0.1, -0.05) is 12.1 Å². The summed E-state index contributed by atoms with van der Waals surface area (Å²) < 4.78 is 0. The van der Waals surface area contributed by atoms with Crippen LogP contribution in [0.2, 0.25) is 0 Å². The van der Waals surface area contributed by atoms with E-state index in [4.69, 9.17) is 0 Å². The van der Waals surface area contributed by atoms with E-state index < -0.39 is 11.6 Å². The Morgan fingerprint density at radius 3 is 2.53 bits per heavy atom. The Balaban J connectivity index is 1.20. The van der Waals surface area contributed by atoms with Crippen molar-refractivity contribution in [1.82, 2.24) is 20.4 Å². The maximum absolute atomic E-state index is 12.9. The lowest BCUT2D eigenvalue weighted by atomic mass is 9.75. The van der Waals surface area contributed by atoms with Gasteiger partial charge in [0.05, 0.1) is 5.60 Å². The summed E-state index contributed by atoms with van der Waals surface area (Å²) in [7, 11) is 0. The fraction of sp³-hybridized carbons (Fsp3) is 0.625. The predicted octanol–water partition coefficient (Wildman–Crippen LogP) is 0.774. The predicted molar refractivity (Wildman–Crippen MR) is 118 cm³/mol. The van der Waals surface area contributed by atoms with Gasteiger partial charge in [-0.15, -0.1) is 0 Å². The molecule has 3 saturated heterocycles. The van der Waals surface area contributed by atoms with Crippen LogP contribution < -0.4 is 10.6 Å². The summed E-state index contributed by atoms with van der Waals surface area (Å²) >= 11 is 0. The van der Waals surface area contributed by atoms with Crippen LogP contribution in [0.3, 0.4) is 0 Å². The van der Waals surface area contributed by atoms with E-state index in [1.54, 1.807) is 4.90 Å². The van der Waals surface area contributed by atoms with Crippen molar-refractivity contribution in [3.63, 3.8) is 0 Å². The Hall–Kier alpha value is -2.29. The summed E-state index contributed by atoms with van der Waals surface area (Å²) in [5.74, 6) is -0.396. The molecule has 0 aliphatic carbocycles. The molecule has 1 aromatic rings. The lowest BCUT2D eigenvalue weighted by molar-refractivity contribution is -0.136. The molecule has 1 atom stereocenters. The summed E-state index contributed by atoms with van der Waals surface area (Å²) in [6.45, 7) is 4.99. The molecule has 3 N–H and O–H groups in total. The molecule has 0 bridgehead atoms. The second-order valence-electron chi connectivity index (χ2n) is 9.80. The molecule has 0 aromatic heterocycles. The van der Waals surface area contributed by atoms with Crippen molar-refractivity contribution in [2.75, 3.05) is 26.2 Å². The van der Waals surface area contributed by atoms with Gasteiger partial charge in [0.15, 0.2) is 0 Å². The number of hydrogen-bond donors (Lipinski definition) is 3. The van der Waals surface area contributed by atoms with Gasteiger partial charge in [0.25, 0.3) is 5.91 Å². The number of piperidine rings is 3. The fourth-order valence-corrected chi connectivity index (χ4v) is 5.88. The molecule has 8 nitrogen and oxygen atoms in total. The molecule has 0 spiro atoms. The number of fused-ring (bicyclic) bond motifs is 1. The van der Waals surface area contributed by atoms with Crippen LogP contribution in [0.15, 0.2) is 18.2 Å². The number of benzene rings is 1. The van der Waals surface area contributed by atoms with Crippen LogP contribution in [0, 0.1) is 5.92 Å². The van der Waals surface area contributed by atoms with E-state index in [0.29, 0.717) is 24.4 Å². The topological polar surface area (TPSA) is 102 Å². The highest BCUT2D eigenvalue weighted by atomic mass is 16.3. The number of imide groups is 1. The Labute approximate surface area is 188 Å². The monoisotopic (exact) mass is 440 g/mol. The van der Waals surface area contributed by atoms with Gasteiger partial charge in [-0.05, 0) is 81.4 Å². The van der Waals surface area contributed by atoms with Crippen LogP contribution in [-0.4, -0.2) is 70.4 Å². The number of nitrogens with zero attached hydrogens (tertiary/aromatic N) is 2. The maximum atomic E-state index is 12.9. The average molecular weight is 441 g/mol. The number of hydrogen-bond acceptors (Lipinski definition) is 6. The first kappa shape index (κ1) is 21.6. The van der Waals surface area contributed by atoms with Crippen molar-refractivity contribution in [2.24, 2.45) is 5.92 Å². The molecule has 4 aliphatic rings. The first-order chi connectivity index (χ1) is 15.4. The summed E-state index contributed by atoms with van der Waals surface area (Å²) in [5.41, 5.74) is 2.27. The van der Waals surface area contributed by atoms with Crippen LogP contribution in [-0.2, 0) is 22.7 Å². The van der Waals surface area contributed by atoms with Crippen LogP contribution in [0.5, 0.6) is 0 Å². The lowest BCUT2D eigenvalue weighted by Gasteiger charge is -2.43. The van der Waals surface area contributed by atoms with E-state index in [9.17, 15) is 19.5 Å². The van der Waals surface area contributed by atoms with Crippen LogP contribution >= 0.6 is 0 Å². The van der Waals surface area contributed by atoms with Crippen molar-refractivity contribution < 1.29 is 19.5 Å². The van der Waals surface area contributed by atoms with E-state index >= 15 is 0 Å². The van der Waals surface area contributed by atoms with Gasteiger partial charge in [-0.2, -0.15) is 0 Å². The largest absolute Gasteiger partial charge is 0.390 e. The number of amides is 3. The maximum Gasteiger partial charge on any atom is 0.255 e. The number of carbonyl (C=O) groups is 3. The third kappa shape index (κ3) is 4.07. The minimum Gasteiger partial charge on any atom is -0.390 e. The van der Waals surface area contributed by atoms with E-state index in [2.05, 4.69) is 21.6 Å². The SMILES string of the molecule is O=C1CCC(N2Cc3cc(CN4CCC(C5(O)CCNCC5)CC4)ccc3C2=O)C(=O)N1. The Morgan fingerprint density at radius 2 is 1.81 bits per heavy atom. The highest BCUT2D eigenvalue weighted by molar-refractivity contribution is 6.05. The van der Waals surface area contributed by atoms with Crippen LogP contribution in [0.1, 0.15) is 60.0 Å². The number of rotatable bonds is 4. The van der Waals surface area contributed by atoms with Crippen molar-refractivity contribution in [1.29, 1.82) is 0 Å². The molecule has 1 unspecified atom stereocenters. The minimum absolute atomic E-state index is 0.128. The highest BCUT2D eigenvalue weighted by Crippen LogP contribution is 2.35. The molecule has 3 fully saturated rings. The molecular weight excluding hydrogens is 408 g/mol. The van der Waals surface area contributed by atoms with Gasteiger partial charge in [0.1, 0.15) is 6.04 Å². The molecule has 0 saturated carbocycles. The van der Waals surface area contributed by atoms with Gasteiger partial charge >= 0.3 is 0 Å². The van der Waals surface area contributed by atoms with Crippen molar-refractivity contribution >= 4 is 17.7 Å². The summed E-state index contributed by atoms with van der Waals surface area (Å²) in [5, 5.41) is 16.7. The first-order valence-electron chi connectivity index (χ1n) is 11.8. The second kappa shape index (κ2) is 8.57. The van der Waals surface area contributed by atoms with E-state index in [1.165, 1.54) is 5.56 Å². The number of likely N-dealkylation sites (tertiary alicyclic amines) is 1. The summed E-state index contributed by atoms with van der Waals surface area (Å²) in [6, 6.07) is 5.40. The summed E-state index contributed by atoms with van der Waals surface area (Å²) in [6.07, 6.45) is 4.38. The molecule has 4 heterocycles. The Bertz CT molecular complexity index is 919. The minimum atomic E-state index is -0.573. The molecule has 5 rings (SSSR count). The van der Waals surface area contributed by atoms with Crippen molar-refractivity contribution in [3.05, 3.63) is 34.9 Å². The standard InChI is InChI=1S/C24H32N4O4/c29-21-4-3-20(22(30)26-21)28-15-17-13-16(1-2-19(17)23(28)31)14-27-11-5-18(6-12-27)24(32)7-9-25-10-8-24/h1-2,13,18,20,25,32H,3-12,14-15H2,(H,26,29,30). The quantitative estimate of drug-likeness (QED) is 0.598. The Kier molecular flexibility index (Phi) is 5.77. The molecule has 1 aromatic carbocycles. The number of aliphatic hydroxyl groups is 1. The molecule has 4 aliphatic heterocycles. The van der Waals surface area contributed by atoms with Crippen LogP contribution in [0.25, 0.3) is 0 Å². The molecule has 8 heteroatoms. The second-order valence-corrected chi connectivity index (χ2v) is 9.80. The molecule has 3 amide bonds. The zero-order chi connectivity index (χ0) is 22.3. The zero-order valence-corrected chi connectivity index (χ0v) is 18.4. The third-order valence-corrected chi connectivity index (χ3v) is 7.81. The molecule has 172 valence electrons.